The second-order valence-electron chi connectivity index (χ2n) is 2.53. The second-order valence-corrected chi connectivity index (χ2v) is 2.53. The van der Waals surface area contributed by atoms with E-state index in [1.54, 1.807) is 0 Å². The van der Waals surface area contributed by atoms with Gasteiger partial charge in [0.05, 0.1) is 13.2 Å². The van der Waals surface area contributed by atoms with Crippen molar-refractivity contribution in [3.05, 3.63) is 12.3 Å². The molecule has 0 saturated carbocycles. The van der Waals surface area contributed by atoms with Gasteiger partial charge in [-0.3, -0.25) is 0 Å². The van der Waals surface area contributed by atoms with E-state index in [2.05, 4.69) is 22.9 Å². The van der Waals surface area contributed by atoms with Crippen LogP contribution in [0.15, 0.2) is 12.3 Å². The highest BCUT2D eigenvalue weighted by Crippen LogP contribution is 1.94. The SMILES string of the molecule is C#CC(CCC)N/C=C/C(=O)OC. The summed E-state index contributed by atoms with van der Waals surface area (Å²) in [6, 6.07) is -0.00842. The highest BCUT2D eigenvalue weighted by Gasteiger charge is 1.98. The van der Waals surface area contributed by atoms with Crippen LogP contribution in [0.2, 0.25) is 0 Å². The Kier molecular flexibility index (Phi) is 6.44. The van der Waals surface area contributed by atoms with Gasteiger partial charge in [-0.05, 0) is 6.42 Å². The molecule has 0 aliphatic rings. The minimum Gasteiger partial charge on any atom is -0.466 e. The summed E-state index contributed by atoms with van der Waals surface area (Å²) in [5, 5.41) is 2.92. The number of carbonyl (C=O) groups excluding carboxylic acids is 1. The summed E-state index contributed by atoms with van der Waals surface area (Å²) in [5.74, 6) is 2.19. The van der Waals surface area contributed by atoms with Crippen LogP contribution in [-0.2, 0) is 9.53 Å². The summed E-state index contributed by atoms with van der Waals surface area (Å²) < 4.78 is 4.41. The van der Waals surface area contributed by atoms with Crippen molar-refractivity contribution < 1.29 is 9.53 Å². The van der Waals surface area contributed by atoms with E-state index in [4.69, 9.17) is 6.42 Å². The summed E-state index contributed by atoms with van der Waals surface area (Å²) >= 11 is 0. The number of hydrogen-bond donors (Lipinski definition) is 1. The number of esters is 1. The maximum Gasteiger partial charge on any atom is 0.331 e. The molecule has 72 valence electrons. The van der Waals surface area contributed by atoms with Crippen LogP contribution in [0.4, 0.5) is 0 Å². The van der Waals surface area contributed by atoms with Gasteiger partial charge in [-0.2, -0.15) is 0 Å². The Bertz CT molecular complexity index is 215. The van der Waals surface area contributed by atoms with Gasteiger partial charge in [-0.15, -0.1) is 6.42 Å². The Hall–Kier alpha value is -1.43. The zero-order valence-corrected chi connectivity index (χ0v) is 8.04. The molecule has 0 aromatic rings. The topological polar surface area (TPSA) is 38.3 Å². The van der Waals surface area contributed by atoms with Crippen LogP contribution in [0, 0.1) is 12.3 Å². The lowest BCUT2D eigenvalue weighted by atomic mass is 10.2. The number of carbonyl (C=O) groups is 1. The number of terminal acetylenes is 1. The van der Waals surface area contributed by atoms with E-state index in [0.29, 0.717) is 0 Å². The van der Waals surface area contributed by atoms with E-state index in [1.807, 2.05) is 0 Å². The van der Waals surface area contributed by atoms with Gasteiger partial charge < -0.3 is 10.1 Å². The highest BCUT2D eigenvalue weighted by atomic mass is 16.5. The molecule has 0 aromatic heterocycles. The van der Waals surface area contributed by atoms with Crippen molar-refractivity contribution in [2.75, 3.05) is 7.11 Å². The third-order valence-corrected chi connectivity index (χ3v) is 1.50. The molecule has 3 heteroatoms. The van der Waals surface area contributed by atoms with E-state index in [-0.39, 0.29) is 12.0 Å². The molecular weight excluding hydrogens is 166 g/mol. The molecule has 0 heterocycles. The summed E-state index contributed by atoms with van der Waals surface area (Å²) in [6.07, 6.45) is 9.97. The molecule has 0 amide bonds. The van der Waals surface area contributed by atoms with Gasteiger partial charge in [0.2, 0.25) is 0 Å². The number of rotatable bonds is 5. The van der Waals surface area contributed by atoms with Crippen LogP contribution >= 0.6 is 0 Å². The Morgan fingerprint density at radius 1 is 1.77 bits per heavy atom. The second kappa shape index (κ2) is 7.23. The van der Waals surface area contributed by atoms with Gasteiger partial charge in [0.15, 0.2) is 0 Å². The average Bonchev–Trinajstić information content (AvgIpc) is 2.16. The Labute approximate surface area is 79.2 Å². The van der Waals surface area contributed by atoms with Gasteiger partial charge in [0.1, 0.15) is 0 Å². The summed E-state index contributed by atoms with van der Waals surface area (Å²) in [7, 11) is 1.33. The molecule has 0 bridgehead atoms. The Morgan fingerprint density at radius 2 is 2.46 bits per heavy atom. The summed E-state index contributed by atoms with van der Waals surface area (Å²) in [4.78, 5) is 10.6. The van der Waals surface area contributed by atoms with Crippen molar-refractivity contribution in [1.82, 2.24) is 5.32 Å². The molecular formula is C10H15NO2. The first-order valence-corrected chi connectivity index (χ1v) is 4.21. The van der Waals surface area contributed by atoms with Crippen molar-refractivity contribution in [2.24, 2.45) is 0 Å². The smallest absolute Gasteiger partial charge is 0.331 e. The van der Waals surface area contributed by atoms with Crippen molar-refractivity contribution in [3.8, 4) is 12.3 Å². The predicted molar refractivity (Wildman–Crippen MR) is 51.8 cm³/mol. The van der Waals surface area contributed by atoms with Crippen LogP contribution in [-0.4, -0.2) is 19.1 Å². The molecule has 0 saturated heterocycles. The van der Waals surface area contributed by atoms with Gasteiger partial charge in [-0.1, -0.05) is 19.3 Å². The number of hydrogen-bond acceptors (Lipinski definition) is 3. The number of methoxy groups -OCH3 is 1. The van der Waals surface area contributed by atoms with Crippen LogP contribution in [0.1, 0.15) is 19.8 Å². The van der Waals surface area contributed by atoms with Crippen molar-refractivity contribution in [1.29, 1.82) is 0 Å². The van der Waals surface area contributed by atoms with E-state index in [1.165, 1.54) is 19.4 Å². The van der Waals surface area contributed by atoms with Crippen molar-refractivity contribution in [2.45, 2.75) is 25.8 Å². The third-order valence-electron chi connectivity index (χ3n) is 1.50. The minimum absolute atomic E-state index is 0.00842. The third kappa shape index (κ3) is 5.80. The monoisotopic (exact) mass is 181 g/mol. The van der Waals surface area contributed by atoms with Crippen LogP contribution < -0.4 is 5.32 Å². The highest BCUT2D eigenvalue weighted by molar-refractivity contribution is 5.81. The first kappa shape index (κ1) is 11.6. The Balaban J connectivity index is 3.78. The minimum atomic E-state index is -0.389. The van der Waals surface area contributed by atoms with Crippen molar-refractivity contribution >= 4 is 5.97 Å². The van der Waals surface area contributed by atoms with Gasteiger partial charge >= 0.3 is 5.97 Å². The fourth-order valence-corrected chi connectivity index (χ4v) is 0.804. The maximum atomic E-state index is 10.6. The molecule has 1 N–H and O–H groups in total. The number of ether oxygens (including phenoxy) is 1. The molecule has 0 spiro atoms. The van der Waals surface area contributed by atoms with Gasteiger partial charge in [0, 0.05) is 12.3 Å². The molecule has 0 aliphatic carbocycles. The van der Waals surface area contributed by atoms with E-state index >= 15 is 0 Å². The average molecular weight is 181 g/mol. The lowest BCUT2D eigenvalue weighted by Gasteiger charge is -2.07. The largest absolute Gasteiger partial charge is 0.466 e. The van der Waals surface area contributed by atoms with Crippen molar-refractivity contribution in [3.63, 3.8) is 0 Å². The summed E-state index contributed by atoms with van der Waals surface area (Å²) in [5.41, 5.74) is 0. The summed E-state index contributed by atoms with van der Waals surface area (Å²) in [6.45, 7) is 2.05. The van der Waals surface area contributed by atoms with E-state index in [0.717, 1.165) is 12.8 Å². The van der Waals surface area contributed by atoms with E-state index < -0.39 is 0 Å². The molecule has 0 aliphatic heterocycles. The molecule has 13 heavy (non-hydrogen) atoms. The molecule has 0 fully saturated rings. The molecule has 0 rings (SSSR count). The van der Waals surface area contributed by atoms with Gasteiger partial charge in [-0.25, -0.2) is 4.79 Å². The quantitative estimate of drug-likeness (QED) is 0.391. The normalized spacial score (nSPS) is 12.1. The van der Waals surface area contributed by atoms with Gasteiger partial charge in [0.25, 0.3) is 0 Å². The van der Waals surface area contributed by atoms with E-state index in [9.17, 15) is 4.79 Å². The van der Waals surface area contributed by atoms with Crippen LogP contribution in [0.25, 0.3) is 0 Å². The molecule has 0 radical (unpaired) electrons. The fourth-order valence-electron chi connectivity index (χ4n) is 0.804. The first-order chi connectivity index (χ1) is 6.24. The van der Waals surface area contributed by atoms with Crippen LogP contribution in [0.5, 0.6) is 0 Å². The standard InChI is InChI=1S/C10H15NO2/c1-4-6-9(5-2)11-8-7-10(12)13-3/h2,7-9,11H,4,6H2,1,3H3/b8-7+. The first-order valence-electron chi connectivity index (χ1n) is 4.21. The van der Waals surface area contributed by atoms with Crippen LogP contribution in [0.3, 0.4) is 0 Å². The fraction of sp³-hybridized carbons (Fsp3) is 0.500. The zero-order valence-electron chi connectivity index (χ0n) is 8.04. The maximum absolute atomic E-state index is 10.6. The lowest BCUT2D eigenvalue weighted by Crippen LogP contribution is -2.22. The molecule has 1 atom stereocenters. The molecule has 1 unspecified atom stereocenters. The Morgan fingerprint density at radius 3 is 2.92 bits per heavy atom. The predicted octanol–water partition coefficient (Wildman–Crippen LogP) is 1.06. The molecule has 0 aromatic carbocycles. The zero-order chi connectivity index (χ0) is 10.1. The molecule has 3 nitrogen and oxygen atoms in total. The number of nitrogens with one attached hydrogen (secondary N) is 1. The lowest BCUT2D eigenvalue weighted by molar-refractivity contribution is -0.134.